The first-order valence-corrected chi connectivity index (χ1v) is 2.53. The lowest BCUT2D eigenvalue weighted by atomic mass is 10.2. The smallest absolute Gasteiger partial charge is 0.146 e. The highest BCUT2D eigenvalue weighted by molar-refractivity contribution is 5.85. The number of rotatable bonds is 3. The van der Waals surface area contributed by atoms with Crippen LogP contribution in [0, 0.1) is 0 Å². The molecule has 0 heterocycles. The minimum atomic E-state index is 0. The van der Waals surface area contributed by atoms with Gasteiger partial charge in [-0.05, 0) is 6.42 Å². The molecule has 0 amide bonds. The first-order chi connectivity index (χ1) is 3.31. The zero-order valence-electron chi connectivity index (χ0n) is 5.02. The molecule has 0 unspecified atom stereocenters. The van der Waals surface area contributed by atoms with Gasteiger partial charge in [0.05, 0.1) is 6.54 Å². The Morgan fingerprint density at radius 3 is 2.25 bits per heavy atom. The number of Topliss-reactive ketones (excluding diaryl/α,β-unsaturated/α-hetero) is 1. The van der Waals surface area contributed by atoms with Crippen molar-refractivity contribution in [2.45, 2.75) is 19.8 Å². The second-order valence-corrected chi connectivity index (χ2v) is 1.49. The van der Waals surface area contributed by atoms with Crippen molar-refractivity contribution in [2.75, 3.05) is 6.54 Å². The molecule has 0 aliphatic heterocycles. The summed E-state index contributed by atoms with van der Waals surface area (Å²) in [7, 11) is 0. The van der Waals surface area contributed by atoms with E-state index in [2.05, 4.69) is 0 Å². The van der Waals surface area contributed by atoms with Gasteiger partial charge >= 0.3 is 0 Å². The van der Waals surface area contributed by atoms with Crippen molar-refractivity contribution in [2.24, 2.45) is 5.73 Å². The normalized spacial score (nSPS) is 7.75. The van der Waals surface area contributed by atoms with E-state index in [-0.39, 0.29) is 24.7 Å². The van der Waals surface area contributed by atoms with Gasteiger partial charge in [-0.3, -0.25) is 4.79 Å². The summed E-state index contributed by atoms with van der Waals surface area (Å²) in [6.07, 6.45) is 1.55. The number of nitrogens with two attached hydrogens (primary N) is 1. The molecule has 8 heavy (non-hydrogen) atoms. The van der Waals surface area contributed by atoms with Crippen LogP contribution in [0.15, 0.2) is 0 Å². The van der Waals surface area contributed by atoms with Gasteiger partial charge in [-0.2, -0.15) is 0 Å². The van der Waals surface area contributed by atoms with E-state index in [0.717, 1.165) is 6.42 Å². The van der Waals surface area contributed by atoms with E-state index in [0.29, 0.717) is 6.42 Å². The van der Waals surface area contributed by atoms with E-state index in [1.165, 1.54) is 0 Å². The predicted octanol–water partition coefficient (Wildman–Crippen LogP) is 0.736. The molecule has 0 aromatic heterocycles. The molecule has 50 valence electrons. The van der Waals surface area contributed by atoms with Crippen molar-refractivity contribution in [3.63, 3.8) is 0 Å². The van der Waals surface area contributed by atoms with Crippen molar-refractivity contribution in [3.05, 3.63) is 0 Å². The second-order valence-electron chi connectivity index (χ2n) is 1.49. The van der Waals surface area contributed by atoms with Crippen LogP contribution in [0.1, 0.15) is 19.8 Å². The topological polar surface area (TPSA) is 43.1 Å². The highest BCUT2D eigenvalue weighted by Crippen LogP contribution is 1.84. The summed E-state index contributed by atoms with van der Waals surface area (Å²) in [4.78, 5) is 10.3. The van der Waals surface area contributed by atoms with Crippen molar-refractivity contribution >= 4 is 18.2 Å². The van der Waals surface area contributed by atoms with Crippen LogP contribution in [0.5, 0.6) is 0 Å². The third-order valence-electron chi connectivity index (χ3n) is 0.757. The number of halogens is 1. The monoisotopic (exact) mass is 137 g/mol. The molecule has 0 bridgehead atoms. The molecule has 0 aliphatic carbocycles. The van der Waals surface area contributed by atoms with Gasteiger partial charge in [0, 0.05) is 6.42 Å². The number of hydrogen-bond acceptors (Lipinski definition) is 2. The lowest BCUT2D eigenvalue weighted by molar-refractivity contribution is -0.117. The number of ketones is 1. The van der Waals surface area contributed by atoms with Crippen LogP contribution in [0.25, 0.3) is 0 Å². The number of carbonyl (C=O) groups is 1. The van der Waals surface area contributed by atoms with Crippen LogP contribution in [-0.4, -0.2) is 12.3 Å². The van der Waals surface area contributed by atoms with Crippen LogP contribution in [-0.2, 0) is 4.79 Å². The van der Waals surface area contributed by atoms with E-state index in [1.54, 1.807) is 0 Å². The zero-order valence-corrected chi connectivity index (χ0v) is 5.83. The Balaban J connectivity index is 0. The van der Waals surface area contributed by atoms with Gasteiger partial charge in [0.1, 0.15) is 5.78 Å². The molecule has 0 aromatic rings. The summed E-state index contributed by atoms with van der Waals surface area (Å²) in [5.74, 6) is 0.155. The minimum absolute atomic E-state index is 0. The first kappa shape index (κ1) is 10.8. The van der Waals surface area contributed by atoms with E-state index in [1.807, 2.05) is 6.92 Å². The van der Waals surface area contributed by atoms with Gasteiger partial charge in [0.2, 0.25) is 0 Å². The highest BCUT2D eigenvalue weighted by atomic mass is 35.5. The minimum Gasteiger partial charge on any atom is -0.324 e. The Bertz CT molecular complexity index is 65.4. The van der Waals surface area contributed by atoms with Crippen molar-refractivity contribution in [1.29, 1.82) is 0 Å². The lowest BCUT2D eigenvalue weighted by Crippen LogP contribution is -2.12. The van der Waals surface area contributed by atoms with E-state index >= 15 is 0 Å². The quantitative estimate of drug-likeness (QED) is 0.624. The Hall–Kier alpha value is -0.0800. The molecular weight excluding hydrogens is 126 g/mol. The van der Waals surface area contributed by atoms with Crippen molar-refractivity contribution < 1.29 is 4.79 Å². The zero-order chi connectivity index (χ0) is 5.70. The molecule has 0 radical (unpaired) electrons. The van der Waals surface area contributed by atoms with Crippen LogP contribution in [0.4, 0.5) is 0 Å². The van der Waals surface area contributed by atoms with Crippen molar-refractivity contribution in [1.82, 2.24) is 0 Å². The second kappa shape index (κ2) is 6.92. The van der Waals surface area contributed by atoms with Gasteiger partial charge in [-0.1, -0.05) is 6.92 Å². The van der Waals surface area contributed by atoms with Gasteiger partial charge in [0.15, 0.2) is 0 Å². The van der Waals surface area contributed by atoms with E-state index in [9.17, 15) is 4.79 Å². The Morgan fingerprint density at radius 1 is 1.62 bits per heavy atom. The van der Waals surface area contributed by atoms with Gasteiger partial charge < -0.3 is 5.73 Å². The average Bonchev–Trinajstić information content (AvgIpc) is 1.68. The Morgan fingerprint density at radius 2 is 2.12 bits per heavy atom. The van der Waals surface area contributed by atoms with E-state index < -0.39 is 0 Å². The summed E-state index contributed by atoms with van der Waals surface area (Å²) < 4.78 is 0. The fourth-order valence-corrected chi connectivity index (χ4v) is 0.381. The molecule has 0 aromatic carbocycles. The van der Waals surface area contributed by atoms with Crippen LogP contribution in [0.3, 0.4) is 0 Å². The molecule has 0 rings (SSSR count). The highest BCUT2D eigenvalue weighted by Gasteiger charge is 1.91. The summed E-state index contributed by atoms with van der Waals surface area (Å²) in [5, 5.41) is 0. The SMILES string of the molecule is CCCC(=O)CN.Cl. The van der Waals surface area contributed by atoms with Crippen molar-refractivity contribution in [3.8, 4) is 0 Å². The van der Waals surface area contributed by atoms with E-state index in [4.69, 9.17) is 5.73 Å². The Kier molecular flexibility index (Phi) is 9.36. The van der Waals surface area contributed by atoms with Gasteiger partial charge in [0.25, 0.3) is 0 Å². The first-order valence-electron chi connectivity index (χ1n) is 2.53. The van der Waals surface area contributed by atoms with Crippen LogP contribution < -0.4 is 5.73 Å². The average molecular weight is 138 g/mol. The third kappa shape index (κ3) is 5.92. The summed E-state index contributed by atoms with van der Waals surface area (Å²) in [6.45, 7) is 2.17. The maximum absolute atomic E-state index is 10.3. The third-order valence-corrected chi connectivity index (χ3v) is 0.757. The predicted molar refractivity (Wildman–Crippen MR) is 36.2 cm³/mol. The summed E-state index contributed by atoms with van der Waals surface area (Å²) in [5.41, 5.74) is 5.01. The fraction of sp³-hybridized carbons (Fsp3) is 0.800. The standard InChI is InChI=1S/C5H11NO.ClH/c1-2-3-5(7)4-6;/h2-4,6H2,1H3;1H. The molecule has 0 aliphatic rings. The fourth-order valence-electron chi connectivity index (χ4n) is 0.381. The summed E-state index contributed by atoms with van der Waals surface area (Å²) >= 11 is 0. The molecule has 2 N–H and O–H groups in total. The van der Waals surface area contributed by atoms with Gasteiger partial charge in [-0.25, -0.2) is 0 Å². The molecule has 0 saturated heterocycles. The maximum atomic E-state index is 10.3. The van der Waals surface area contributed by atoms with Gasteiger partial charge in [-0.15, -0.1) is 12.4 Å². The molecule has 0 spiro atoms. The number of carbonyl (C=O) groups excluding carboxylic acids is 1. The Labute approximate surface area is 55.9 Å². The van der Waals surface area contributed by atoms with Crippen LogP contribution in [0.2, 0.25) is 0 Å². The number of hydrogen-bond donors (Lipinski definition) is 1. The molecule has 2 nitrogen and oxygen atoms in total. The maximum Gasteiger partial charge on any atom is 0.146 e. The largest absolute Gasteiger partial charge is 0.324 e. The summed E-state index contributed by atoms with van der Waals surface area (Å²) in [6, 6.07) is 0. The van der Waals surface area contributed by atoms with Crippen LogP contribution >= 0.6 is 12.4 Å². The molecule has 0 atom stereocenters. The molecule has 0 saturated carbocycles. The molecular formula is C5H12ClNO. The molecule has 0 fully saturated rings. The lowest BCUT2D eigenvalue weighted by Gasteiger charge is -1.87. The molecule has 3 heteroatoms.